The van der Waals surface area contributed by atoms with Gasteiger partial charge in [-0.2, -0.15) is 0 Å². The fraction of sp³-hybridized carbons (Fsp3) is 0.222. The van der Waals surface area contributed by atoms with E-state index in [1.54, 1.807) is 6.07 Å². The minimum Gasteiger partial charge on any atom is -0.349 e. The second-order valence-corrected chi connectivity index (χ2v) is 3.86. The third kappa shape index (κ3) is 3.16. The monoisotopic (exact) mass is 235 g/mol. The molecule has 1 amide bonds. The molecule has 0 aliphatic carbocycles. The van der Waals surface area contributed by atoms with E-state index >= 15 is 0 Å². The molecule has 14 heavy (non-hydrogen) atoms. The van der Waals surface area contributed by atoms with Crippen molar-refractivity contribution < 1.29 is 9.18 Å². The zero-order valence-corrected chi connectivity index (χ0v) is 8.65. The quantitative estimate of drug-likeness (QED) is 0.802. The van der Waals surface area contributed by atoms with Crippen LogP contribution in [0.25, 0.3) is 0 Å². The Morgan fingerprint density at radius 2 is 2.07 bits per heavy atom. The SMILES string of the molecule is O=C(NCC(Cl)Cl)c1ccccc1F. The predicted octanol–water partition coefficient (Wildman–Crippen LogP) is 2.36. The highest BCUT2D eigenvalue weighted by atomic mass is 35.5. The highest BCUT2D eigenvalue weighted by Crippen LogP contribution is 2.06. The average Bonchev–Trinajstić information content (AvgIpc) is 2.15. The van der Waals surface area contributed by atoms with Crippen LogP contribution in [0.4, 0.5) is 4.39 Å². The van der Waals surface area contributed by atoms with E-state index in [2.05, 4.69) is 5.32 Å². The number of nitrogens with one attached hydrogen (secondary N) is 1. The fourth-order valence-corrected chi connectivity index (χ4v) is 1.06. The average molecular weight is 236 g/mol. The van der Waals surface area contributed by atoms with Crippen molar-refractivity contribution in [1.82, 2.24) is 5.32 Å². The number of amides is 1. The lowest BCUT2D eigenvalue weighted by Crippen LogP contribution is -2.28. The second kappa shape index (κ2) is 5.17. The molecular weight excluding hydrogens is 228 g/mol. The maximum atomic E-state index is 13.0. The molecule has 0 bridgehead atoms. The van der Waals surface area contributed by atoms with E-state index in [0.29, 0.717) is 0 Å². The zero-order valence-electron chi connectivity index (χ0n) is 7.14. The molecule has 0 aliphatic rings. The van der Waals surface area contributed by atoms with Gasteiger partial charge in [0.05, 0.1) is 5.56 Å². The molecule has 0 spiro atoms. The molecule has 0 heterocycles. The van der Waals surface area contributed by atoms with Gasteiger partial charge in [-0.25, -0.2) is 4.39 Å². The van der Waals surface area contributed by atoms with Gasteiger partial charge in [0, 0.05) is 6.54 Å². The first-order chi connectivity index (χ1) is 6.61. The number of carbonyl (C=O) groups is 1. The molecule has 0 fully saturated rings. The third-order valence-electron chi connectivity index (χ3n) is 1.54. The van der Waals surface area contributed by atoms with Crippen molar-refractivity contribution >= 4 is 29.1 Å². The van der Waals surface area contributed by atoms with E-state index in [9.17, 15) is 9.18 Å². The van der Waals surface area contributed by atoms with Gasteiger partial charge in [-0.15, -0.1) is 23.2 Å². The van der Waals surface area contributed by atoms with Crippen LogP contribution in [0, 0.1) is 5.82 Å². The van der Waals surface area contributed by atoms with Crippen LogP contribution in [-0.2, 0) is 0 Å². The Kier molecular flexibility index (Phi) is 4.17. The van der Waals surface area contributed by atoms with E-state index in [1.807, 2.05) is 0 Å². The van der Waals surface area contributed by atoms with E-state index in [-0.39, 0.29) is 12.1 Å². The number of hydrogen-bond donors (Lipinski definition) is 1. The molecule has 0 aliphatic heterocycles. The molecule has 0 unspecified atom stereocenters. The molecule has 0 saturated heterocycles. The van der Waals surface area contributed by atoms with Crippen LogP contribution >= 0.6 is 23.2 Å². The maximum Gasteiger partial charge on any atom is 0.254 e. The zero-order chi connectivity index (χ0) is 10.6. The van der Waals surface area contributed by atoms with Crippen LogP contribution in [0.2, 0.25) is 0 Å². The molecule has 1 aromatic carbocycles. The smallest absolute Gasteiger partial charge is 0.254 e. The lowest BCUT2D eigenvalue weighted by Gasteiger charge is -2.05. The number of benzene rings is 1. The first kappa shape index (κ1) is 11.3. The molecule has 1 aromatic rings. The highest BCUT2D eigenvalue weighted by molar-refractivity contribution is 6.44. The normalized spacial score (nSPS) is 10.3. The summed E-state index contributed by atoms with van der Waals surface area (Å²) in [5.41, 5.74) is -0.0125. The lowest BCUT2D eigenvalue weighted by molar-refractivity contribution is 0.0951. The van der Waals surface area contributed by atoms with Crippen molar-refractivity contribution in [3.63, 3.8) is 0 Å². The van der Waals surface area contributed by atoms with Crippen molar-refractivity contribution in [2.24, 2.45) is 0 Å². The van der Waals surface area contributed by atoms with Gasteiger partial charge in [0.1, 0.15) is 10.7 Å². The van der Waals surface area contributed by atoms with Crippen LogP contribution in [0.1, 0.15) is 10.4 Å². The molecule has 1 rings (SSSR count). The minimum absolute atomic E-state index is 0.0125. The van der Waals surface area contributed by atoms with Crippen LogP contribution in [0.15, 0.2) is 24.3 Å². The van der Waals surface area contributed by atoms with E-state index in [4.69, 9.17) is 23.2 Å². The number of carbonyl (C=O) groups excluding carboxylic acids is 1. The first-order valence-electron chi connectivity index (χ1n) is 3.92. The Morgan fingerprint density at radius 1 is 1.43 bits per heavy atom. The largest absolute Gasteiger partial charge is 0.349 e. The summed E-state index contributed by atoms with van der Waals surface area (Å²) < 4.78 is 13.0. The molecule has 0 saturated carbocycles. The van der Waals surface area contributed by atoms with Gasteiger partial charge in [-0.1, -0.05) is 12.1 Å². The van der Waals surface area contributed by atoms with Gasteiger partial charge < -0.3 is 5.32 Å². The van der Waals surface area contributed by atoms with Crippen LogP contribution in [0.3, 0.4) is 0 Å². The number of halogens is 3. The Morgan fingerprint density at radius 3 is 2.64 bits per heavy atom. The summed E-state index contributed by atoms with van der Waals surface area (Å²) in [5.74, 6) is -1.08. The Balaban J connectivity index is 2.65. The van der Waals surface area contributed by atoms with Gasteiger partial charge >= 0.3 is 0 Å². The van der Waals surface area contributed by atoms with Crippen molar-refractivity contribution in [2.45, 2.75) is 4.84 Å². The van der Waals surface area contributed by atoms with Crippen LogP contribution < -0.4 is 5.32 Å². The standard InChI is InChI=1S/C9H8Cl2FNO/c10-8(11)5-13-9(14)6-3-1-2-4-7(6)12/h1-4,8H,5H2,(H,13,14). The summed E-state index contributed by atoms with van der Waals surface area (Å²) >= 11 is 10.8. The minimum atomic E-state index is -0.689. The summed E-state index contributed by atoms with van der Waals surface area (Å²) in [6.07, 6.45) is 0. The topological polar surface area (TPSA) is 29.1 Å². The number of alkyl halides is 2. The second-order valence-electron chi connectivity index (χ2n) is 2.58. The molecule has 2 nitrogen and oxygen atoms in total. The molecule has 1 N–H and O–H groups in total. The third-order valence-corrected chi connectivity index (χ3v) is 1.84. The van der Waals surface area contributed by atoms with Gasteiger partial charge in [0.25, 0.3) is 5.91 Å². The van der Waals surface area contributed by atoms with Gasteiger partial charge in [0.15, 0.2) is 0 Å². The summed E-state index contributed by atoms with van der Waals surface area (Å²) in [6.45, 7) is 0.0935. The Hall–Kier alpha value is -0.800. The predicted molar refractivity (Wildman–Crippen MR) is 54.2 cm³/mol. The summed E-state index contributed by atoms with van der Waals surface area (Å²) in [4.78, 5) is 10.6. The lowest BCUT2D eigenvalue weighted by atomic mass is 10.2. The Labute approximate surface area is 91.0 Å². The summed E-state index contributed by atoms with van der Waals surface area (Å²) in [5, 5.41) is 2.40. The van der Waals surface area contributed by atoms with Gasteiger partial charge in [-0.3, -0.25) is 4.79 Å². The van der Waals surface area contributed by atoms with Crippen molar-refractivity contribution in [1.29, 1.82) is 0 Å². The van der Waals surface area contributed by atoms with E-state index < -0.39 is 16.6 Å². The number of rotatable bonds is 3. The van der Waals surface area contributed by atoms with Gasteiger partial charge in [0.2, 0.25) is 0 Å². The Bertz CT molecular complexity index is 330. The molecule has 0 aromatic heterocycles. The van der Waals surface area contributed by atoms with Crippen LogP contribution in [0.5, 0.6) is 0 Å². The van der Waals surface area contributed by atoms with Crippen molar-refractivity contribution in [3.05, 3.63) is 35.6 Å². The molecule has 5 heteroatoms. The summed E-state index contributed by atoms with van der Waals surface area (Å²) in [6, 6.07) is 5.70. The van der Waals surface area contributed by atoms with Crippen molar-refractivity contribution in [2.75, 3.05) is 6.54 Å². The first-order valence-corrected chi connectivity index (χ1v) is 4.79. The molecule has 76 valence electrons. The molecule has 0 atom stereocenters. The molecule has 0 radical (unpaired) electrons. The van der Waals surface area contributed by atoms with E-state index in [0.717, 1.165) is 0 Å². The number of hydrogen-bond acceptors (Lipinski definition) is 1. The van der Waals surface area contributed by atoms with Crippen LogP contribution in [-0.4, -0.2) is 17.3 Å². The maximum absolute atomic E-state index is 13.0. The van der Waals surface area contributed by atoms with E-state index in [1.165, 1.54) is 18.2 Å². The summed E-state index contributed by atoms with van der Waals surface area (Å²) in [7, 11) is 0. The fourth-order valence-electron chi connectivity index (χ4n) is 0.910. The van der Waals surface area contributed by atoms with Crippen molar-refractivity contribution in [3.8, 4) is 0 Å². The highest BCUT2D eigenvalue weighted by Gasteiger charge is 2.10. The molecular formula is C9H8Cl2FNO. The van der Waals surface area contributed by atoms with Gasteiger partial charge in [-0.05, 0) is 12.1 Å².